The number of amides is 1. The first-order valence-electron chi connectivity index (χ1n) is 6.11. The van der Waals surface area contributed by atoms with Crippen molar-refractivity contribution >= 4 is 49.4 Å². The fourth-order valence-corrected chi connectivity index (χ4v) is 3.40. The molecule has 0 aliphatic carbocycles. The van der Waals surface area contributed by atoms with Crippen molar-refractivity contribution in [2.24, 2.45) is 0 Å². The number of aromatic carboxylic acids is 1. The molecule has 1 heterocycles. The average molecular weight is 407 g/mol. The standard InChI is InChI=1S/C13H13Br2NO4/c14-7-4-9(13(18)19)12(10(15)5-7)16-11(17)6-8-2-1-3-20-8/h4-5,8H,1-3,6H2,(H,16,17)(H,18,19). The Morgan fingerprint density at radius 3 is 2.75 bits per heavy atom. The Morgan fingerprint density at radius 1 is 1.40 bits per heavy atom. The highest BCUT2D eigenvalue weighted by atomic mass is 79.9. The second-order valence-electron chi connectivity index (χ2n) is 4.50. The number of hydrogen-bond donors (Lipinski definition) is 2. The van der Waals surface area contributed by atoms with Crippen LogP contribution in [0.1, 0.15) is 29.6 Å². The third-order valence-electron chi connectivity index (χ3n) is 2.99. The normalized spacial score (nSPS) is 18.0. The fourth-order valence-electron chi connectivity index (χ4n) is 2.07. The van der Waals surface area contributed by atoms with E-state index in [1.807, 2.05) is 0 Å². The highest BCUT2D eigenvalue weighted by molar-refractivity contribution is 9.11. The molecule has 2 N–H and O–H groups in total. The Labute approximate surface area is 132 Å². The molecule has 0 radical (unpaired) electrons. The number of ether oxygens (including phenoxy) is 1. The van der Waals surface area contributed by atoms with E-state index in [-0.39, 0.29) is 29.7 Å². The molecule has 0 saturated carbocycles. The van der Waals surface area contributed by atoms with Crippen LogP contribution < -0.4 is 5.32 Å². The van der Waals surface area contributed by atoms with E-state index in [9.17, 15) is 14.7 Å². The Morgan fingerprint density at radius 2 is 2.15 bits per heavy atom. The Hall–Kier alpha value is -0.920. The molecule has 5 nitrogen and oxygen atoms in total. The van der Waals surface area contributed by atoms with Gasteiger partial charge in [-0.15, -0.1) is 0 Å². The van der Waals surface area contributed by atoms with Gasteiger partial charge >= 0.3 is 5.97 Å². The number of carbonyl (C=O) groups excluding carboxylic acids is 1. The smallest absolute Gasteiger partial charge is 0.337 e. The third-order valence-corrected chi connectivity index (χ3v) is 4.07. The van der Waals surface area contributed by atoms with Gasteiger partial charge in [0.25, 0.3) is 0 Å². The van der Waals surface area contributed by atoms with E-state index in [0.29, 0.717) is 15.6 Å². The first kappa shape index (κ1) is 15.5. The number of carboxylic acid groups (broad SMARTS) is 1. The summed E-state index contributed by atoms with van der Waals surface area (Å²) in [6.45, 7) is 0.681. The van der Waals surface area contributed by atoms with E-state index in [1.54, 1.807) is 6.07 Å². The van der Waals surface area contributed by atoms with Crippen LogP contribution in [0.15, 0.2) is 21.1 Å². The molecule has 1 aliphatic heterocycles. The van der Waals surface area contributed by atoms with Crippen molar-refractivity contribution in [3.8, 4) is 0 Å². The van der Waals surface area contributed by atoms with E-state index in [1.165, 1.54) is 6.07 Å². The van der Waals surface area contributed by atoms with Crippen molar-refractivity contribution in [2.75, 3.05) is 11.9 Å². The molecule has 1 amide bonds. The molecule has 0 spiro atoms. The van der Waals surface area contributed by atoms with E-state index in [2.05, 4.69) is 37.2 Å². The van der Waals surface area contributed by atoms with Gasteiger partial charge in [0, 0.05) is 15.6 Å². The molecule has 108 valence electrons. The molecule has 1 aromatic carbocycles. The van der Waals surface area contributed by atoms with Crippen molar-refractivity contribution in [1.29, 1.82) is 0 Å². The van der Waals surface area contributed by atoms with Crippen molar-refractivity contribution < 1.29 is 19.4 Å². The maximum Gasteiger partial charge on any atom is 0.337 e. The van der Waals surface area contributed by atoms with Gasteiger partial charge in [0.05, 0.1) is 23.8 Å². The predicted molar refractivity (Wildman–Crippen MR) is 81.0 cm³/mol. The van der Waals surface area contributed by atoms with Gasteiger partial charge in [0.15, 0.2) is 0 Å². The number of carboxylic acids is 1. The maximum absolute atomic E-state index is 12.0. The lowest BCUT2D eigenvalue weighted by Gasteiger charge is -2.13. The lowest BCUT2D eigenvalue weighted by Crippen LogP contribution is -2.20. The monoisotopic (exact) mass is 405 g/mol. The summed E-state index contributed by atoms with van der Waals surface area (Å²) >= 11 is 6.49. The largest absolute Gasteiger partial charge is 0.478 e. The Kier molecular flexibility index (Phi) is 5.17. The number of carbonyl (C=O) groups is 2. The second-order valence-corrected chi connectivity index (χ2v) is 6.27. The number of rotatable bonds is 4. The van der Waals surface area contributed by atoms with Crippen LogP contribution in [0, 0.1) is 0 Å². The van der Waals surface area contributed by atoms with Crippen LogP contribution in [-0.4, -0.2) is 29.7 Å². The molecule has 1 unspecified atom stereocenters. The van der Waals surface area contributed by atoms with Crippen LogP contribution in [0.25, 0.3) is 0 Å². The van der Waals surface area contributed by atoms with Crippen LogP contribution in [0.4, 0.5) is 5.69 Å². The van der Waals surface area contributed by atoms with E-state index >= 15 is 0 Å². The zero-order valence-electron chi connectivity index (χ0n) is 10.5. The summed E-state index contributed by atoms with van der Waals surface area (Å²) in [6, 6.07) is 3.14. The van der Waals surface area contributed by atoms with E-state index < -0.39 is 5.97 Å². The second kappa shape index (κ2) is 6.69. The van der Waals surface area contributed by atoms with Gasteiger partial charge in [-0.3, -0.25) is 4.79 Å². The molecule has 1 saturated heterocycles. The lowest BCUT2D eigenvalue weighted by molar-refractivity contribution is -0.118. The van der Waals surface area contributed by atoms with Crippen LogP contribution >= 0.6 is 31.9 Å². The minimum absolute atomic E-state index is 0.0342. The lowest BCUT2D eigenvalue weighted by atomic mass is 10.1. The number of halogens is 2. The van der Waals surface area contributed by atoms with Gasteiger partial charge in [-0.25, -0.2) is 4.79 Å². The summed E-state index contributed by atoms with van der Waals surface area (Å²) in [5, 5.41) is 11.8. The minimum Gasteiger partial charge on any atom is -0.478 e. The van der Waals surface area contributed by atoms with E-state index in [4.69, 9.17) is 4.74 Å². The fraction of sp³-hybridized carbons (Fsp3) is 0.385. The molecule has 1 aromatic rings. The average Bonchev–Trinajstić information content (AvgIpc) is 2.84. The molecule has 1 aliphatic rings. The Bertz CT molecular complexity index is 541. The first-order chi connectivity index (χ1) is 9.47. The molecule has 0 aromatic heterocycles. The summed E-state index contributed by atoms with van der Waals surface area (Å²) in [6.07, 6.45) is 1.99. The van der Waals surface area contributed by atoms with Crippen molar-refractivity contribution in [3.63, 3.8) is 0 Å². The van der Waals surface area contributed by atoms with Crippen molar-refractivity contribution in [1.82, 2.24) is 0 Å². The van der Waals surface area contributed by atoms with Gasteiger partial charge in [-0.2, -0.15) is 0 Å². The van der Waals surface area contributed by atoms with Gasteiger partial charge < -0.3 is 15.2 Å². The third kappa shape index (κ3) is 3.80. The highest BCUT2D eigenvalue weighted by Crippen LogP contribution is 2.31. The summed E-state index contributed by atoms with van der Waals surface area (Å²) in [5.41, 5.74) is 0.302. The highest BCUT2D eigenvalue weighted by Gasteiger charge is 2.21. The molecule has 0 bridgehead atoms. The number of benzene rings is 1. The van der Waals surface area contributed by atoms with E-state index in [0.717, 1.165) is 12.8 Å². The molecule has 20 heavy (non-hydrogen) atoms. The minimum atomic E-state index is -1.10. The van der Waals surface area contributed by atoms with Crippen LogP contribution in [0.2, 0.25) is 0 Å². The van der Waals surface area contributed by atoms with Crippen molar-refractivity contribution in [2.45, 2.75) is 25.4 Å². The number of hydrogen-bond acceptors (Lipinski definition) is 3. The molecule has 1 fully saturated rings. The quantitative estimate of drug-likeness (QED) is 0.803. The van der Waals surface area contributed by atoms with Crippen LogP contribution in [0.3, 0.4) is 0 Å². The number of nitrogens with one attached hydrogen (secondary N) is 1. The number of anilines is 1. The van der Waals surface area contributed by atoms with Gasteiger partial charge in [0.2, 0.25) is 5.91 Å². The topological polar surface area (TPSA) is 75.6 Å². The predicted octanol–water partition coefficient (Wildman–Crippen LogP) is 3.42. The molecule has 7 heteroatoms. The summed E-state index contributed by atoms with van der Waals surface area (Å²) < 4.78 is 6.53. The van der Waals surface area contributed by atoms with Crippen LogP contribution in [0.5, 0.6) is 0 Å². The summed E-state index contributed by atoms with van der Waals surface area (Å²) in [5.74, 6) is -1.35. The van der Waals surface area contributed by atoms with Gasteiger partial charge in [-0.1, -0.05) is 15.9 Å². The molecular formula is C13H13Br2NO4. The first-order valence-corrected chi connectivity index (χ1v) is 7.69. The zero-order valence-corrected chi connectivity index (χ0v) is 13.7. The molecular weight excluding hydrogens is 394 g/mol. The van der Waals surface area contributed by atoms with Crippen molar-refractivity contribution in [3.05, 3.63) is 26.6 Å². The zero-order chi connectivity index (χ0) is 14.7. The van der Waals surface area contributed by atoms with Gasteiger partial charge in [0.1, 0.15) is 0 Å². The molecule has 1 atom stereocenters. The summed E-state index contributed by atoms with van der Waals surface area (Å²) in [7, 11) is 0. The summed E-state index contributed by atoms with van der Waals surface area (Å²) in [4.78, 5) is 23.2. The SMILES string of the molecule is O=C(CC1CCCO1)Nc1c(Br)cc(Br)cc1C(=O)O. The maximum atomic E-state index is 12.0. The Balaban J connectivity index is 2.15. The molecule has 2 rings (SSSR count). The van der Waals surface area contributed by atoms with Gasteiger partial charge in [-0.05, 0) is 40.9 Å². The van der Waals surface area contributed by atoms with Crippen LogP contribution in [-0.2, 0) is 9.53 Å².